The molecule has 0 fully saturated rings. The number of nitrogens with zero attached hydrogens (tertiary/aromatic N) is 6. The second-order valence-electron chi connectivity index (χ2n) is 6.76. The summed E-state index contributed by atoms with van der Waals surface area (Å²) < 4.78 is 10.4. The van der Waals surface area contributed by atoms with Crippen molar-refractivity contribution in [3.8, 4) is 0 Å². The molecule has 0 spiro atoms. The number of hydrogen-bond acceptors (Lipinski definition) is 6. The topological polar surface area (TPSA) is 76.8 Å². The molecule has 0 aliphatic carbocycles. The van der Waals surface area contributed by atoms with Crippen molar-refractivity contribution in [2.24, 2.45) is 0 Å². The second kappa shape index (κ2) is 7.05. The highest BCUT2D eigenvalue weighted by Crippen LogP contribution is 2.20. The minimum atomic E-state index is -0.162. The van der Waals surface area contributed by atoms with Crippen LogP contribution in [0.1, 0.15) is 32.0 Å². The molecule has 0 bridgehead atoms. The van der Waals surface area contributed by atoms with E-state index < -0.39 is 0 Å². The Bertz CT molecular complexity index is 884. The van der Waals surface area contributed by atoms with Gasteiger partial charge >= 0.3 is 0 Å². The molecule has 7 nitrogen and oxygen atoms in total. The number of carbonyl (C=O) groups excluding carboxylic acids is 1. The molecule has 0 atom stereocenters. The quantitative estimate of drug-likeness (QED) is 0.638. The Morgan fingerprint density at radius 2 is 2.08 bits per heavy atom. The molecular weight excluding hydrogens is 360 g/mol. The third-order valence-corrected chi connectivity index (χ3v) is 4.55. The van der Waals surface area contributed by atoms with Crippen molar-refractivity contribution >= 4 is 40.3 Å². The molecule has 0 N–H and O–H groups in total. The SMILES string of the molecule is CC(C)(C)n1cc(CN(Cc2cccc3nsnc23)C(=O)CCl)nn1. The van der Waals surface area contributed by atoms with Crippen molar-refractivity contribution in [1.82, 2.24) is 28.6 Å². The van der Waals surface area contributed by atoms with E-state index in [1.807, 2.05) is 45.2 Å². The van der Waals surface area contributed by atoms with Gasteiger partial charge in [0, 0.05) is 12.1 Å². The number of rotatable bonds is 5. The molecule has 9 heteroatoms. The standard InChI is InChI=1S/C16H19ClN6OS/c1-16(2,3)23-10-12(18-21-23)9-22(14(24)7-17)8-11-5-4-6-13-15(11)20-25-19-13/h4-6,10H,7-9H2,1-3H3. The molecule has 25 heavy (non-hydrogen) atoms. The Morgan fingerprint density at radius 3 is 2.76 bits per heavy atom. The molecule has 3 rings (SSSR count). The fourth-order valence-electron chi connectivity index (χ4n) is 2.41. The van der Waals surface area contributed by atoms with Gasteiger partial charge in [-0.15, -0.1) is 16.7 Å². The second-order valence-corrected chi connectivity index (χ2v) is 7.55. The van der Waals surface area contributed by atoms with E-state index >= 15 is 0 Å². The van der Waals surface area contributed by atoms with E-state index in [1.54, 1.807) is 9.58 Å². The number of carbonyl (C=O) groups is 1. The van der Waals surface area contributed by atoms with Crippen molar-refractivity contribution in [3.63, 3.8) is 0 Å². The zero-order valence-electron chi connectivity index (χ0n) is 14.3. The van der Waals surface area contributed by atoms with Crippen LogP contribution in [-0.2, 0) is 23.4 Å². The van der Waals surface area contributed by atoms with E-state index in [1.165, 1.54) is 0 Å². The molecular formula is C16H19ClN6OS. The summed E-state index contributed by atoms with van der Waals surface area (Å²) in [6.07, 6.45) is 1.86. The van der Waals surface area contributed by atoms with Crippen LogP contribution in [0.5, 0.6) is 0 Å². The normalized spacial score (nSPS) is 11.8. The summed E-state index contributed by atoms with van der Waals surface area (Å²) >= 11 is 6.96. The monoisotopic (exact) mass is 378 g/mol. The number of hydrogen-bond donors (Lipinski definition) is 0. The van der Waals surface area contributed by atoms with E-state index in [0.717, 1.165) is 34.0 Å². The molecule has 0 aliphatic rings. The highest BCUT2D eigenvalue weighted by molar-refractivity contribution is 7.00. The van der Waals surface area contributed by atoms with Crippen LogP contribution in [0.25, 0.3) is 11.0 Å². The van der Waals surface area contributed by atoms with Crippen LogP contribution < -0.4 is 0 Å². The summed E-state index contributed by atoms with van der Waals surface area (Å²) in [5, 5.41) is 8.33. The van der Waals surface area contributed by atoms with Gasteiger partial charge in [0.25, 0.3) is 0 Å². The number of alkyl halides is 1. The summed E-state index contributed by atoms with van der Waals surface area (Å²) in [5.74, 6) is -0.245. The highest BCUT2D eigenvalue weighted by Gasteiger charge is 2.20. The van der Waals surface area contributed by atoms with Crippen LogP contribution in [-0.4, -0.2) is 40.4 Å². The molecule has 2 aromatic heterocycles. The van der Waals surface area contributed by atoms with Crippen LogP contribution in [0.15, 0.2) is 24.4 Å². The van der Waals surface area contributed by atoms with Crippen LogP contribution >= 0.6 is 23.3 Å². The Kier molecular flexibility index (Phi) is 5.01. The summed E-state index contributed by atoms with van der Waals surface area (Å²) in [7, 11) is 0. The minimum Gasteiger partial charge on any atom is -0.331 e. The zero-order valence-corrected chi connectivity index (χ0v) is 15.9. The van der Waals surface area contributed by atoms with Crippen molar-refractivity contribution in [1.29, 1.82) is 0 Å². The van der Waals surface area contributed by atoms with Gasteiger partial charge in [-0.2, -0.15) is 8.75 Å². The lowest BCUT2D eigenvalue weighted by Gasteiger charge is -2.21. The van der Waals surface area contributed by atoms with Gasteiger partial charge in [-0.25, -0.2) is 4.68 Å². The Hall–Kier alpha value is -2.06. The summed E-state index contributed by atoms with van der Waals surface area (Å²) in [5.41, 5.74) is 3.15. The Morgan fingerprint density at radius 1 is 1.28 bits per heavy atom. The average molecular weight is 379 g/mol. The smallest absolute Gasteiger partial charge is 0.238 e. The minimum absolute atomic E-state index is 0.0846. The fourth-order valence-corrected chi connectivity index (χ4v) is 3.14. The van der Waals surface area contributed by atoms with E-state index in [2.05, 4.69) is 19.1 Å². The predicted molar refractivity (Wildman–Crippen MR) is 97.4 cm³/mol. The van der Waals surface area contributed by atoms with Gasteiger partial charge in [0.05, 0.1) is 30.0 Å². The molecule has 0 unspecified atom stereocenters. The number of fused-ring (bicyclic) bond motifs is 1. The molecule has 0 saturated carbocycles. The summed E-state index contributed by atoms with van der Waals surface area (Å²) in [4.78, 5) is 14.0. The average Bonchev–Trinajstić information content (AvgIpc) is 3.22. The van der Waals surface area contributed by atoms with Crippen molar-refractivity contribution in [2.75, 3.05) is 5.88 Å². The maximum Gasteiger partial charge on any atom is 0.238 e. The van der Waals surface area contributed by atoms with Gasteiger partial charge in [-0.1, -0.05) is 17.3 Å². The molecule has 0 saturated heterocycles. The lowest BCUT2D eigenvalue weighted by molar-refractivity contribution is -0.129. The first-order chi connectivity index (χ1) is 11.9. The van der Waals surface area contributed by atoms with Crippen molar-refractivity contribution in [3.05, 3.63) is 35.7 Å². The number of amides is 1. The number of benzene rings is 1. The predicted octanol–water partition coefficient (Wildman–Crippen LogP) is 2.81. The summed E-state index contributed by atoms with van der Waals surface area (Å²) in [6.45, 7) is 6.88. The zero-order chi connectivity index (χ0) is 18.0. The lowest BCUT2D eigenvalue weighted by Crippen LogP contribution is -2.31. The fraction of sp³-hybridized carbons (Fsp3) is 0.438. The van der Waals surface area contributed by atoms with E-state index in [0.29, 0.717) is 13.1 Å². The number of aromatic nitrogens is 5. The highest BCUT2D eigenvalue weighted by atomic mass is 35.5. The first kappa shape index (κ1) is 17.8. The molecule has 0 aliphatic heterocycles. The van der Waals surface area contributed by atoms with Gasteiger partial charge in [0.1, 0.15) is 22.6 Å². The van der Waals surface area contributed by atoms with Crippen LogP contribution in [0.2, 0.25) is 0 Å². The first-order valence-corrected chi connectivity index (χ1v) is 9.10. The van der Waals surface area contributed by atoms with Crippen LogP contribution in [0.3, 0.4) is 0 Å². The van der Waals surface area contributed by atoms with E-state index in [9.17, 15) is 4.79 Å². The molecule has 3 aromatic rings. The third-order valence-electron chi connectivity index (χ3n) is 3.78. The van der Waals surface area contributed by atoms with Gasteiger partial charge < -0.3 is 4.90 Å². The van der Waals surface area contributed by atoms with Gasteiger partial charge in [0.15, 0.2) is 0 Å². The lowest BCUT2D eigenvalue weighted by atomic mass is 10.1. The largest absolute Gasteiger partial charge is 0.331 e. The first-order valence-electron chi connectivity index (χ1n) is 7.84. The molecule has 132 valence electrons. The van der Waals surface area contributed by atoms with Crippen LogP contribution in [0, 0.1) is 0 Å². The van der Waals surface area contributed by atoms with Crippen LogP contribution in [0.4, 0.5) is 0 Å². The van der Waals surface area contributed by atoms with Crippen molar-refractivity contribution in [2.45, 2.75) is 39.4 Å². The van der Waals surface area contributed by atoms with Gasteiger partial charge in [0.2, 0.25) is 5.91 Å². The van der Waals surface area contributed by atoms with Crippen molar-refractivity contribution < 1.29 is 4.79 Å². The summed E-state index contributed by atoms with van der Waals surface area (Å²) in [6, 6.07) is 5.77. The molecule has 2 heterocycles. The molecule has 1 aromatic carbocycles. The van der Waals surface area contributed by atoms with E-state index in [-0.39, 0.29) is 17.3 Å². The van der Waals surface area contributed by atoms with Gasteiger partial charge in [-0.3, -0.25) is 4.79 Å². The number of halogens is 1. The molecule has 1 amide bonds. The maximum absolute atomic E-state index is 12.3. The van der Waals surface area contributed by atoms with E-state index in [4.69, 9.17) is 11.6 Å². The molecule has 0 radical (unpaired) electrons. The Balaban J connectivity index is 1.84. The maximum atomic E-state index is 12.3. The Labute approximate surface area is 154 Å². The van der Waals surface area contributed by atoms with Gasteiger partial charge in [-0.05, 0) is 26.8 Å². The third kappa shape index (κ3) is 3.96.